The van der Waals surface area contributed by atoms with E-state index in [2.05, 4.69) is 29.2 Å². The molecule has 1 atom stereocenters. The first-order valence-corrected chi connectivity index (χ1v) is 12.2. The Morgan fingerprint density at radius 3 is 2.54 bits per heavy atom. The van der Waals surface area contributed by atoms with Gasteiger partial charge in [0.25, 0.3) is 11.5 Å². The Hall–Kier alpha value is -4.08. The maximum absolute atomic E-state index is 14.3. The molecule has 0 radical (unpaired) electrons. The molecule has 2 aliphatic rings. The van der Waals surface area contributed by atoms with Gasteiger partial charge in [-0.3, -0.25) is 14.6 Å². The average Bonchev–Trinajstić information content (AvgIpc) is 3.44. The molecule has 2 fully saturated rings. The van der Waals surface area contributed by atoms with Crippen molar-refractivity contribution in [1.29, 1.82) is 0 Å². The van der Waals surface area contributed by atoms with Crippen molar-refractivity contribution in [3.8, 4) is 5.69 Å². The summed E-state index contributed by atoms with van der Waals surface area (Å²) < 4.78 is 29.2. The van der Waals surface area contributed by atoms with Gasteiger partial charge in [0, 0.05) is 36.6 Å². The number of aliphatic imine (C=N–C) groups is 1. The van der Waals surface area contributed by atoms with Crippen LogP contribution in [0.3, 0.4) is 0 Å². The summed E-state index contributed by atoms with van der Waals surface area (Å²) in [6.07, 6.45) is 4.81. The Bertz CT molecular complexity index is 1440. The van der Waals surface area contributed by atoms with Crippen molar-refractivity contribution in [2.24, 2.45) is 10.9 Å². The predicted molar refractivity (Wildman–Crippen MR) is 140 cm³/mol. The van der Waals surface area contributed by atoms with E-state index >= 15 is 0 Å². The van der Waals surface area contributed by atoms with Crippen molar-refractivity contribution in [2.75, 3.05) is 29.0 Å². The topological polar surface area (TPSA) is 106 Å². The zero-order chi connectivity index (χ0) is 26.3. The molecule has 2 aromatic carbocycles. The number of rotatable bonds is 6. The van der Waals surface area contributed by atoms with Gasteiger partial charge in [0.1, 0.15) is 11.4 Å². The van der Waals surface area contributed by atoms with Crippen LogP contribution in [0.4, 0.5) is 25.8 Å². The van der Waals surface area contributed by atoms with Crippen molar-refractivity contribution in [1.82, 2.24) is 9.78 Å². The lowest BCUT2D eigenvalue weighted by Crippen LogP contribution is -2.27. The van der Waals surface area contributed by atoms with Gasteiger partial charge in [-0.2, -0.15) is 9.78 Å². The lowest BCUT2D eigenvalue weighted by atomic mass is 10.1. The highest BCUT2D eigenvalue weighted by Crippen LogP contribution is 2.41. The molecule has 5 rings (SSSR count). The molecule has 3 aromatic rings. The summed E-state index contributed by atoms with van der Waals surface area (Å²) in [6.45, 7) is 5.84. The fourth-order valence-electron chi connectivity index (χ4n) is 4.44. The number of para-hydroxylation sites is 1. The quantitative estimate of drug-likeness (QED) is 0.386. The molecule has 1 saturated carbocycles. The lowest BCUT2D eigenvalue weighted by Gasteiger charge is -2.25. The molecule has 0 spiro atoms. The van der Waals surface area contributed by atoms with Crippen LogP contribution in [0.2, 0.25) is 0 Å². The highest BCUT2D eigenvalue weighted by atomic mass is 19.1. The lowest BCUT2D eigenvalue weighted by molar-refractivity contribution is 0.102. The summed E-state index contributed by atoms with van der Waals surface area (Å²) in [5, 5.41) is 6.83. The molecule has 0 bridgehead atoms. The van der Waals surface area contributed by atoms with E-state index in [1.165, 1.54) is 12.1 Å². The van der Waals surface area contributed by atoms with Crippen LogP contribution in [0.5, 0.6) is 0 Å². The molecular weight excluding hydrogens is 478 g/mol. The first-order valence-electron chi connectivity index (χ1n) is 12.2. The van der Waals surface area contributed by atoms with Gasteiger partial charge in [-0.25, -0.2) is 8.78 Å². The number of anilines is 3. The second kappa shape index (κ2) is 9.42. The van der Waals surface area contributed by atoms with Gasteiger partial charge in [-0.05, 0) is 62.4 Å². The molecule has 1 amide bonds. The van der Waals surface area contributed by atoms with E-state index in [-0.39, 0.29) is 11.2 Å². The molecule has 8 nitrogen and oxygen atoms in total. The number of nitrogens with zero attached hydrogens (tertiary/aromatic N) is 4. The molecule has 192 valence electrons. The van der Waals surface area contributed by atoms with Gasteiger partial charge in [-0.1, -0.05) is 13.0 Å². The normalized spacial score (nSPS) is 18.4. The number of nitrogens with one attached hydrogen (secondary N) is 1. The van der Waals surface area contributed by atoms with Crippen LogP contribution in [0.15, 0.2) is 52.3 Å². The summed E-state index contributed by atoms with van der Waals surface area (Å²) in [7, 11) is 0. The Kier molecular flexibility index (Phi) is 6.26. The Balaban J connectivity index is 1.53. The summed E-state index contributed by atoms with van der Waals surface area (Å²) >= 11 is 0. The molecule has 37 heavy (non-hydrogen) atoms. The van der Waals surface area contributed by atoms with Gasteiger partial charge >= 0.3 is 0 Å². The number of amides is 1. The number of aromatic nitrogens is 2. The van der Waals surface area contributed by atoms with E-state index in [4.69, 9.17) is 10.7 Å². The molecular formula is C27H28F2N6O2. The van der Waals surface area contributed by atoms with Gasteiger partial charge < -0.3 is 16.0 Å². The van der Waals surface area contributed by atoms with Crippen molar-refractivity contribution >= 4 is 29.2 Å². The van der Waals surface area contributed by atoms with Crippen LogP contribution >= 0.6 is 0 Å². The van der Waals surface area contributed by atoms with Crippen LogP contribution in [0, 0.1) is 17.6 Å². The second-order valence-electron chi connectivity index (χ2n) is 10.1. The fraction of sp³-hybridized carbons (Fsp3) is 0.333. The number of benzene rings is 2. The first kappa shape index (κ1) is 24.6. The van der Waals surface area contributed by atoms with Crippen LogP contribution in [0.1, 0.15) is 49.2 Å². The number of carbonyl (C=O) groups excluding carboxylic acids is 1. The number of nitrogens with two attached hydrogens (primary N) is 1. The van der Waals surface area contributed by atoms with Crippen LogP contribution in [-0.2, 0) is 0 Å². The van der Waals surface area contributed by atoms with Gasteiger partial charge in [-0.15, -0.1) is 0 Å². The Morgan fingerprint density at radius 1 is 1.16 bits per heavy atom. The van der Waals surface area contributed by atoms with E-state index in [1.807, 2.05) is 0 Å². The van der Waals surface area contributed by atoms with Crippen molar-refractivity contribution in [3.05, 3.63) is 75.7 Å². The zero-order valence-corrected chi connectivity index (χ0v) is 20.7. The third kappa shape index (κ3) is 4.96. The summed E-state index contributed by atoms with van der Waals surface area (Å²) in [5.74, 6) is -2.11. The molecule has 10 heteroatoms. The monoisotopic (exact) mass is 506 g/mol. The van der Waals surface area contributed by atoms with E-state index < -0.39 is 28.8 Å². The van der Waals surface area contributed by atoms with E-state index in [0.29, 0.717) is 22.0 Å². The highest BCUT2D eigenvalue weighted by molar-refractivity contribution is 6.08. The van der Waals surface area contributed by atoms with E-state index in [0.717, 1.165) is 61.8 Å². The van der Waals surface area contributed by atoms with Crippen LogP contribution in [0.25, 0.3) is 5.69 Å². The van der Waals surface area contributed by atoms with Crippen LogP contribution < -0.4 is 21.5 Å². The molecule has 1 unspecified atom stereocenters. The number of nitrogen functional groups attached to an aromatic ring is 1. The maximum Gasteiger partial charge on any atom is 0.276 e. The smallest absolute Gasteiger partial charge is 0.276 e. The minimum absolute atomic E-state index is 0.0825. The largest absolute Gasteiger partial charge is 0.398 e. The SMILES string of the molecule is CC1CCN(c2c(NC(=O)c3ccc(=O)n(-c4c(F)cccc4F)n3)ccc(N)c2C=NC2(C)CC2)C1. The average molecular weight is 507 g/mol. The Labute approximate surface area is 212 Å². The van der Waals surface area contributed by atoms with E-state index in [1.54, 1.807) is 18.3 Å². The second-order valence-corrected chi connectivity index (χ2v) is 10.1. The summed E-state index contributed by atoms with van der Waals surface area (Å²) in [5.41, 5.74) is 7.22. The van der Waals surface area contributed by atoms with Gasteiger partial charge in [0.05, 0.1) is 16.9 Å². The fourth-order valence-corrected chi connectivity index (χ4v) is 4.44. The number of hydrogen-bond donors (Lipinski definition) is 2. The summed E-state index contributed by atoms with van der Waals surface area (Å²) in [4.78, 5) is 32.5. The van der Waals surface area contributed by atoms with Crippen molar-refractivity contribution < 1.29 is 13.6 Å². The Morgan fingerprint density at radius 2 is 1.89 bits per heavy atom. The van der Waals surface area contributed by atoms with Gasteiger partial charge in [0.2, 0.25) is 0 Å². The highest BCUT2D eigenvalue weighted by Gasteiger charge is 2.36. The molecule has 2 heterocycles. The number of hydrogen-bond acceptors (Lipinski definition) is 6. The van der Waals surface area contributed by atoms with Crippen molar-refractivity contribution in [3.63, 3.8) is 0 Å². The summed E-state index contributed by atoms with van der Waals surface area (Å²) in [6, 6.07) is 8.91. The molecule has 3 N–H and O–H groups in total. The van der Waals surface area contributed by atoms with Crippen LogP contribution in [-0.4, -0.2) is 40.5 Å². The maximum atomic E-state index is 14.3. The minimum Gasteiger partial charge on any atom is -0.398 e. The predicted octanol–water partition coefficient (Wildman–Crippen LogP) is 4.16. The molecule has 1 aliphatic heterocycles. The third-order valence-electron chi connectivity index (χ3n) is 6.90. The minimum atomic E-state index is -0.968. The first-order chi connectivity index (χ1) is 17.6. The molecule has 1 aliphatic carbocycles. The van der Waals surface area contributed by atoms with E-state index in [9.17, 15) is 18.4 Å². The number of halogens is 2. The van der Waals surface area contributed by atoms with Gasteiger partial charge in [0.15, 0.2) is 11.6 Å². The van der Waals surface area contributed by atoms with Crippen molar-refractivity contribution in [2.45, 2.75) is 38.6 Å². The molecule has 1 saturated heterocycles. The third-order valence-corrected chi connectivity index (χ3v) is 6.90. The zero-order valence-electron chi connectivity index (χ0n) is 20.7. The number of carbonyl (C=O) groups is 1. The standard InChI is InChI=1S/C27H28F2N6O2/c1-16-10-13-34(15-16)24-17(14-31-27(2)11-12-27)20(30)6-7-21(24)32-26(37)22-8-9-23(36)35(33-22)25-18(28)4-3-5-19(25)29/h3-9,14,16H,10-13,15,30H2,1-2H3,(H,32,37). The molecule has 1 aromatic heterocycles.